The van der Waals surface area contributed by atoms with E-state index in [2.05, 4.69) is 5.32 Å². The molecule has 0 fully saturated rings. The van der Waals surface area contributed by atoms with Gasteiger partial charge in [-0.05, 0) is 49.1 Å². The van der Waals surface area contributed by atoms with E-state index in [0.717, 1.165) is 28.1 Å². The van der Waals surface area contributed by atoms with Crippen LogP contribution in [-0.2, 0) is 39.0 Å². The van der Waals surface area contributed by atoms with Crippen LogP contribution in [0.25, 0.3) is 0 Å². The minimum absolute atomic E-state index is 0.152. The lowest BCUT2D eigenvalue weighted by Crippen LogP contribution is -2.54. The summed E-state index contributed by atoms with van der Waals surface area (Å²) in [6.07, 6.45) is 2.67. The Balaban J connectivity index is 2.06. The summed E-state index contributed by atoms with van der Waals surface area (Å²) >= 11 is 0. The lowest BCUT2D eigenvalue weighted by Gasteiger charge is -2.34. The van der Waals surface area contributed by atoms with Crippen LogP contribution >= 0.6 is 0 Å². The van der Waals surface area contributed by atoms with Crippen molar-refractivity contribution in [1.29, 1.82) is 0 Å². The van der Waals surface area contributed by atoms with Crippen molar-refractivity contribution in [2.45, 2.75) is 58.7 Å². The van der Waals surface area contributed by atoms with Crippen LogP contribution in [0.3, 0.4) is 0 Å². The third kappa shape index (κ3) is 8.39. The summed E-state index contributed by atoms with van der Waals surface area (Å²) in [5, 5.41) is 2.96. The second-order valence-electron chi connectivity index (χ2n) is 9.93. The molecule has 0 saturated heterocycles. The molecule has 2 amide bonds. The number of aryl methyl sites for hydroxylation is 1. The smallest absolute Gasteiger partial charge is 0.244 e. The van der Waals surface area contributed by atoms with Crippen LogP contribution in [-0.4, -0.2) is 50.0 Å². The van der Waals surface area contributed by atoms with Gasteiger partial charge in [0.05, 0.1) is 11.9 Å². The number of sulfonamides is 1. The fourth-order valence-electron chi connectivity index (χ4n) is 4.32. The molecule has 0 bridgehead atoms. The molecule has 2 atom stereocenters. The van der Waals surface area contributed by atoms with Crippen LogP contribution in [0.2, 0.25) is 0 Å². The molecule has 40 heavy (non-hydrogen) atoms. The number of amides is 2. The maximum Gasteiger partial charge on any atom is 0.244 e. The topological polar surface area (TPSA) is 86.8 Å². The number of benzene rings is 3. The number of carbonyl (C=O) groups excluding carboxylic acids is 2. The number of carbonyl (C=O) groups is 2. The highest BCUT2D eigenvalue weighted by molar-refractivity contribution is 7.92. The van der Waals surface area contributed by atoms with Gasteiger partial charge in [-0.3, -0.25) is 13.9 Å². The fourth-order valence-corrected chi connectivity index (χ4v) is 5.17. The maximum absolute atomic E-state index is 14.8. The lowest BCUT2D eigenvalue weighted by molar-refractivity contribution is -0.140. The Morgan fingerprint density at radius 1 is 0.900 bits per heavy atom. The Morgan fingerprint density at radius 2 is 1.52 bits per heavy atom. The summed E-state index contributed by atoms with van der Waals surface area (Å²) in [5.41, 5.74) is 2.40. The Bertz CT molecular complexity index is 1380. The molecule has 0 spiro atoms. The van der Waals surface area contributed by atoms with E-state index in [1.165, 1.54) is 11.0 Å². The molecule has 7 nitrogen and oxygen atoms in total. The van der Waals surface area contributed by atoms with Gasteiger partial charge in [-0.15, -0.1) is 0 Å². The van der Waals surface area contributed by atoms with Crippen LogP contribution < -0.4 is 9.62 Å². The number of nitrogens with zero attached hydrogens (tertiary/aromatic N) is 2. The molecule has 0 radical (unpaired) electrons. The molecule has 0 heterocycles. The van der Waals surface area contributed by atoms with E-state index in [1.807, 2.05) is 63.2 Å². The molecular formula is C31H38FN3O4S. The Hall–Kier alpha value is -3.72. The molecule has 0 aromatic heterocycles. The van der Waals surface area contributed by atoms with E-state index in [1.54, 1.807) is 30.3 Å². The zero-order valence-corrected chi connectivity index (χ0v) is 24.3. The Labute approximate surface area is 237 Å². The van der Waals surface area contributed by atoms with Crippen LogP contribution in [0.1, 0.15) is 43.9 Å². The first-order chi connectivity index (χ1) is 19.0. The molecule has 3 aromatic rings. The van der Waals surface area contributed by atoms with Gasteiger partial charge in [-0.2, -0.15) is 0 Å². The molecule has 0 saturated carbocycles. The first-order valence-electron chi connectivity index (χ1n) is 13.5. The molecule has 0 aliphatic heterocycles. The van der Waals surface area contributed by atoms with E-state index in [-0.39, 0.29) is 30.5 Å². The molecule has 3 aromatic carbocycles. The summed E-state index contributed by atoms with van der Waals surface area (Å²) in [4.78, 5) is 28.9. The summed E-state index contributed by atoms with van der Waals surface area (Å²) < 4.78 is 41.5. The molecule has 1 N–H and O–H groups in total. The second kappa shape index (κ2) is 14.1. The van der Waals surface area contributed by atoms with Gasteiger partial charge in [-0.25, -0.2) is 12.8 Å². The van der Waals surface area contributed by atoms with Gasteiger partial charge in [0, 0.05) is 24.6 Å². The highest BCUT2D eigenvalue weighted by Crippen LogP contribution is 2.22. The molecule has 0 aliphatic carbocycles. The second-order valence-corrected chi connectivity index (χ2v) is 11.8. The Morgan fingerprint density at radius 3 is 2.10 bits per heavy atom. The first-order valence-corrected chi connectivity index (χ1v) is 15.3. The third-order valence-electron chi connectivity index (χ3n) is 6.88. The molecular weight excluding hydrogens is 529 g/mol. The Kier molecular flexibility index (Phi) is 10.8. The van der Waals surface area contributed by atoms with Gasteiger partial charge in [0.15, 0.2) is 0 Å². The molecule has 0 unspecified atom stereocenters. The van der Waals surface area contributed by atoms with Crippen molar-refractivity contribution in [2.75, 3.05) is 17.1 Å². The standard InChI is InChI=1S/C31H38FN3O4S/c1-5-23(3)33-31(37)29(20-25-12-8-7-9-13-25)34(21-26-14-10-11-15-28(26)32)30(36)22-35(40(4,38)39)27-18-16-24(6-2)17-19-27/h7-19,23,29H,5-6,20-22H2,1-4H3,(H,33,37)/t23-,29-/m1/s1. The van der Waals surface area contributed by atoms with Gasteiger partial charge < -0.3 is 10.2 Å². The van der Waals surface area contributed by atoms with Crippen molar-refractivity contribution in [3.05, 3.63) is 101 Å². The number of nitrogens with one attached hydrogen (secondary N) is 1. The quantitative estimate of drug-likeness (QED) is 0.324. The van der Waals surface area contributed by atoms with Crippen molar-refractivity contribution in [2.24, 2.45) is 0 Å². The highest BCUT2D eigenvalue weighted by Gasteiger charge is 2.33. The molecule has 0 aliphatic rings. The third-order valence-corrected chi connectivity index (χ3v) is 8.02. The summed E-state index contributed by atoms with van der Waals surface area (Å²) in [7, 11) is -3.86. The SMILES string of the molecule is CCc1ccc(N(CC(=O)N(Cc2ccccc2F)[C@H](Cc2ccccc2)C(=O)N[C@H](C)CC)S(C)(=O)=O)cc1. The number of hydrogen-bond acceptors (Lipinski definition) is 4. The van der Waals surface area contributed by atoms with Crippen LogP contribution in [0.15, 0.2) is 78.9 Å². The van der Waals surface area contributed by atoms with Crippen molar-refractivity contribution < 1.29 is 22.4 Å². The van der Waals surface area contributed by atoms with Crippen LogP contribution in [0.4, 0.5) is 10.1 Å². The molecule has 9 heteroatoms. The van der Waals surface area contributed by atoms with E-state index < -0.39 is 34.3 Å². The van der Waals surface area contributed by atoms with Gasteiger partial charge in [-0.1, -0.05) is 74.5 Å². The molecule has 214 valence electrons. The van der Waals surface area contributed by atoms with E-state index in [0.29, 0.717) is 12.1 Å². The average Bonchev–Trinajstić information content (AvgIpc) is 2.94. The minimum Gasteiger partial charge on any atom is -0.352 e. The van der Waals surface area contributed by atoms with Crippen LogP contribution in [0.5, 0.6) is 0 Å². The number of rotatable bonds is 13. The van der Waals surface area contributed by atoms with Gasteiger partial charge in [0.1, 0.15) is 18.4 Å². The average molecular weight is 568 g/mol. The molecule has 3 rings (SSSR count). The van der Waals surface area contributed by atoms with E-state index in [4.69, 9.17) is 0 Å². The predicted molar refractivity (Wildman–Crippen MR) is 157 cm³/mol. The first kappa shape index (κ1) is 30.8. The normalized spacial score (nSPS) is 12.8. The van der Waals surface area contributed by atoms with E-state index in [9.17, 15) is 22.4 Å². The zero-order valence-electron chi connectivity index (χ0n) is 23.5. The summed E-state index contributed by atoms with van der Waals surface area (Å²) in [6.45, 7) is 5.05. The summed E-state index contributed by atoms with van der Waals surface area (Å²) in [6, 6.07) is 21.1. The van der Waals surface area contributed by atoms with Crippen LogP contribution in [0, 0.1) is 5.82 Å². The van der Waals surface area contributed by atoms with Crippen molar-refractivity contribution in [1.82, 2.24) is 10.2 Å². The number of hydrogen-bond donors (Lipinski definition) is 1. The van der Waals surface area contributed by atoms with Crippen molar-refractivity contribution in [3.63, 3.8) is 0 Å². The van der Waals surface area contributed by atoms with Crippen molar-refractivity contribution in [3.8, 4) is 0 Å². The van der Waals surface area contributed by atoms with Gasteiger partial charge in [0.2, 0.25) is 21.8 Å². The maximum atomic E-state index is 14.8. The monoisotopic (exact) mass is 567 g/mol. The minimum atomic E-state index is -3.86. The van der Waals surface area contributed by atoms with E-state index >= 15 is 0 Å². The lowest BCUT2D eigenvalue weighted by atomic mass is 10.0. The zero-order chi connectivity index (χ0) is 29.3. The fraction of sp³-hybridized carbons (Fsp3) is 0.355. The highest BCUT2D eigenvalue weighted by atomic mass is 32.2. The predicted octanol–water partition coefficient (Wildman–Crippen LogP) is 4.71. The van der Waals surface area contributed by atoms with Crippen molar-refractivity contribution >= 4 is 27.5 Å². The van der Waals surface area contributed by atoms with Gasteiger partial charge >= 0.3 is 0 Å². The summed E-state index contributed by atoms with van der Waals surface area (Å²) in [5.74, 6) is -1.52. The largest absolute Gasteiger partial charge is 0.352 e. The number of anilines is 1. The number of halogens is 1. The van der Waals surface area contributed by atoms with Gasteiger partial charge in [0.25, 0.3) is 0 Å².